The first-order valence-electron chi connectivity index (χ1n) is 10.4. The van der Waals surface area contributed by atoms with Crippen LogP contribution >= 0.6 is 24.0 Å². The Hall–Kier alpha value is -2.59. The van der Waals surface area contributed by atoms with Crippen molar-refractivity contribution in [1.82, 2.24) is 10.2 Å². The van der Waals surface area contributed by atoms with Crippen molar-refractivity contribution >= 4 is 52.1 Å². The standard InChI is InChI=1S/C24H26ClN5O.ClH/c1-16-4-5-17(12-21(16)25)14-27-22-20-13-18(26-3)6-7-19(20)23(29-28-22)30-10-8-24(2,15-31)9-11-30;/h4-7,12-13,31H,8-11,14-15H2,1-2H3,(H,27,28);1H. The Bertz CT molecular complexity index is 1150. The maximum Gasteiger partial charge on any atom is 0.188 e. The lowest BCUT2D eigenvalue weighted by molar-refractivity contribution is 0.114. The van der Waals surface area contributed by atoms with E-state index in [1.54, 1.807) is 0 Å². The Labute approximate surface area is 199 Å². The molecule has 1 aliphatic rings. The maximum atomic E-state index is 9.67. The van der Waals surface area contributed by atoms with E-state index in [2.05, 4.69) is 32.2 Å². The van der Waals surface area contributed by atoms with Crippen molar-refractivity contribution in [3.8, 4) is 0 Å². The Kier molecular flexibility index (Phi) is 7.45. The molecule has 6 nitrogen and oxygen atoms in total. The highest BCUT2D eigenvalue weighted by Crippen LogP contribution is 2.36. The average Bonchev–Trinajstić information content (AvgIpc) is 2.80. The number of hydrogen-bond acceptors (Lipinski definition) is 5. The van der Waals surface area contributed by atoms with E-state index >= 15 is 0 Å². The van der Waals surface area contributed by atoms with Crippen molar-refractivity contribution in [2.75, 3.05) is 29.9 Å². The maximum absolute atomic E-state index is 9.67. The van der Waals surface area contributed by atoms with Crippen LogP contribution in [0.1, 0.15) is 30.9 Å². The van der Waals surface area contributed by atoms with Gasteiger partial charge in [-0.05, 0) is 48.4 Å². The second kappa shape index (κ2) is 9.91. The highest BCUT2D eigenvalue weighted by molar-refractivity contribution is 6.31. The number of piperidine rings is 1. The van der Waals surface area contributed by atoms with Crippen LogP contribution in [-0.4, -0.2) is 35.0 Å². The molecule has 2 N–H and O–H groups in total. The number of rotatable bonds is 5. The van der Waals surface area contributed by atoms with E-state index in [0.29, 0.717) is 18.1 Å². The summed E-state index contributed by atoms with van der Waals surface area (Å²) < 4.78 is 0. The Morgan fingerprint density at radius 1 is 1.16 bits per heavy atom. The molecule has 2 aromatic carbocycles. The van der Waals surface area contributed by atoms with Crippen molar-refractivity contribution in [3.05, 3.63) is 64.0 Å². The van der Waals surface area contributed by atoms with Crippen LogP contribution in [0.25, 0.3) is 15.6 Å². The molecular formula is C24H27Cl2N5O. The molecule has 0 unspecified atom stereocenters. The zero-order chi connectivity index (χ0) is 22.0. The number of nitrogens with one attached hydrogen (secondary N) is 1. The van der Waals surface area contributed by atoms with Gasteiger partial charge in [-0.3, -0.25) is 0 Å². The van der Waals surface area contributed by atoms with Crippen molar-refractivity contribution in [2.45, 2.75) is 33.2 Å². The molecule has 4 rings (SSSR count). The SMILES string of the molecule is Cl.[C-]#[N+]c1ccc2c(N3CCC(C)(CO)CC3)nnc(NCc3ccc(C)c(Cl)c3)c2c1. The monoisotopic (exact) mass is 471 g/mol. The normalized spacial score (nSPS) is 15.2. The van der Waals surface area contributed by atoms with E-state index in [1.807, 2.05) is 43.3 Å². The molecule has 3 aromatic rings. The molecule has 0 bridgehead atoms. The van der Waals surface area contributed by atoms with Crippen molar-refractivity contribution in [2.24, 2.45) is 5.41 Å². The van der Waals surface area contributed by atoms with E-state index in [1.165, 1.54) is 0 Å². The van der Waals surface area contributed by atoms with Gasteiger partial charge in [0.15, 0.2) is 17.3 Å². The lowest BCUT2D eigenvalue weighted by Gasteiger charge is -2.39. The molecule has 8 heteroatoms. The van der Waals surface area contributed by atoms with Crippen LogP contribution in [-0.2, 0) is 6.54 Å². The number of fused-ring (bicyclic) bond motifs is 1. The largest absolute Gasteiger partial charge is 0.396 e. The smallest absolute Gasteiger partial charge is 0.188 e. The molecule has 0 saturated carbocycles. The van der Waals surface area contributed by atoms with Crippen LogP contribution < -0.4 is 10.2 Å². The summed E-state index contributed by atoms with van der Waals surface area (Å²) in [5.41, 5.74) is 2.63. The molecule has 0 atom stereocenters. The second-order valence-electron chi connectivity index (χ2n) is 8.61. The summed E-state index contributed by atoms with van der Waals surface area (Å²) in [5.74, 6) is 1.48. The Morgan fingerprint density at radius 2 is 1.91 bits per heavy atom. The lowest BCUT2D eigenvalue weighted by Crippen LogP contribution is -2.41. The molecule has 1 fully saturated rings. The molecule has 168 valence electrons. The van der Waals surface area contributed by atoms with Crippen LogP contribution in [0.4, 0.5) is 17.3 Å². The highest BCUT2D eigenvalue weighted by atomic mass is 35.5. The number of benzene rings is 2. The first-order chi connectivity index (χ1) is 14.9. The van der Waals surface area contributed by atoms with E-state index in [4.69, 9.17) is 18.2 Å². The van der Waals surface area contributed by atoms with Crippen LogP contribution in [0.5, 0.6) is 0 Å². The Balaban J connectivity index is 0.00000289. The number of aromatic nitrogens is 2. The van der Waals surface area contributed by atoms with E-state index in [0.717, 1.165) is 58.7 Å². The average molecular weight is 472 g/mol. The molecule has 1 aliphatic heterocycles. The third-order valence-corrected chi connectivity index (χ3v) is 6.63. The number of hydrogen-bond donors (Lipinski definition) is 2. The van der Waals surface area contributed by atoms with Gasteiger partial charge in [-0.1, -0.05) is 42.8 Å². The van der Waals surface area contributed by atoms with E-state index in [-0.39, 0.29) is 24.4 Å². The minimum atomic E-state index is -0.0339. The molecule has 0 amide bonds. The van der Waals surface area contributed by atoms with Gasteiger partial charge >= 0.3 is 0 Å². The number of anilines is 2. The molecule has 0 radical (unpaired) electrons. The minimum Gasteiger partial charge on any atom is -0.396 e. The molecule has 1 aromatic heterocycles. The molecule has 1 saturated heterocycles. The zero-order valence-corrected chi connectivity index (χ0v) is 19.8. The number of aliphatic hydroxyl groups is 1. The van der Waals surface area contributed by atoms with Crippen molar-refractivity contribution < 1.29 is 5.11 Å². The van der Waals surface area contributed by atoms with Gasteiger partial charge in [0, 0.05) is 42.0 Å². The summed E-state index contributed by atoms with van der Waals surface area (Å²) >= 11 is 6.26. The topological polar surface area (TPSA) is 65.6 Å². The lowest BCUT2D eigenvalue weighted by atomic mass is 9.81. The van der Waals surface area contributed by atoms with Gasteiger partial charge < -0.3 is 15.3 Å². The third kappa shape index (κ3) is 4.91. The van der Waals surface area contributed by atoms with Gasteiger partial charge in [0.1, 0.15) is 0 Å². The predicted molar refractivity (Wildman–Crippen MR) is 133 cm³/mol. The quantitative estimate of drug-likeness (QED) is 0.462. The van der Waals surface area contributed by atoms with Crippen molar-refractivity contribution in [1.29, 1.82) is 0 Å². The van der Waals surface area contributed by atoms with E-state index in [9.17, 15) is 5.11 Å². The first kappa shape index (κ1) is 24.1. The van der Waals surface area contributed by atoms with Gasteiger partial charge in [-0.25, -0.2) is 4.85 Å². The first-order valence-corrected chi connectivity index (χ1v) is 10.8. The van der Waals surface area contributed by atoms with Gasteiger partial charge in [0.05, 0.1) is 6.57 Å². The number of aryl methyl sites for hydroxylation is 1. The van der Waals surface area contributed by atoms with Gasteiger partial charge in [0.25, 0.3) is 0 Å². The molecule has 2 heterocycles. The van der Waals surface area contributed by atoms with Crippen LogP contribution in [0.15, 0.2) is 36.4 Å². The summed E-state index contributed by atoms with van der Waals surface area (Å²) in [5, 5.41) is 24.7. The highest BCUT2D eigenvalue weighted by Gasteiger charge is 2.30. The third-order valence-electron chi connectivity index (χ3n) is 6.22. The predicted octanol–water partition coefficient (Wildman–Crippen LogP) is 5.78. The molecule has 32 heavy (non-hydrogen) atoms. The van der Waals surface area contributed by atoms with Gasteiger partial charge in [0.2, 0.25) is 0 Å². The Morgan fingerprint density at radius 3 is 2.56 bits per heavy atom. The van der Waals surface area contributed by atoms with Crippen LogP contribution in [0.2, 0.25) is 5.02 Å². The molecular weight excluding hydrogens is 445 g/mol. The summed E-state index contributed by atoms with van der Waals surface area (Å²) in [4.78, 5) is 5.82. The summed E-state index contributed by atoms with van der Waals surface area (Å²) in [7, 11) is 0. The minimum absolute atomic E-state index is 0. The number of aliphatic hydroxyl groups excluding tert-OH is 1. The van der Waals surface area contributed by atoms with E-state index < -0.39 is 0 Å². The van der Waals surface area contributed by atoms with Crippen LogP contribution in [0, 0.1) is 18.9 Å². The summed E-state index contributed by atoms with van der Waals surface area (Å²) in [6, 6.07) is 11.6. The van der Waals surface area contributed by atoms with Gasteiger partial charge in [-0.15, -0.1) is 22.6 Å². The van der Waals surface area contributed by atoms with Crippen molar-refractivity contribution in [3.63, 3.8) is 0 Å². The second-order valence-corrected chi connectivity index (χ2v) is 9.01. The fourth-order valence-electron chi connectivity index (χ4n) is 3.91. The number of halogens is 2. The molecule has 0 aliphatic carbocycles. The van der Waals surface area contributed by atoms with Gasteiger partial charge in [-0.2, -0.15) is 0 Å². The van der Waals surface area contributed by atoms with Crippen LogP contribution in [0.3, 0.4) is 0 Å². The summed E-state index contributed by atoms with van der Waals surface area (Å²) in [6.45, 7) is 13.9. The fourth-order valence-corrected chi connectivity index (χ4v) is 4.11. The number of nitrogens with zero attached hydrogens (tertiary/aromatic N) is 4. The summed E-state index contributed by atoms with van der Waals surface area (Å²) in [6.07, 6.45) is 1.81. The fraction of sp³-hybridized carbons (Fsp3) is 0.375. The molecule has 0 spiro atoms. The zero-order valence-electron chi connectivity index (χ0n) is 18.2.